The second kappa shape index (κ2) is 5.87. The highest BCUT2D eigenvalue weighted by Gasteiger charge is 2.13. The first-order chi connectivity index (χ1) is 8.32. The Bertz CT molecular complexity index is 404. The van der Waals surface area contributed by atoms with Gasteiger partial charge in [-0.15, -0.1) is 0 Å². The van der Waals surface area contributed by atoms with Gasteiger partial charge in [0, 0.05) is 6.54 Å². The summed E-state index contributed by atoms with van der Waals surface area (Å²) in [6.45, 7) is 7.84. The van der Waals surface area contributed by atoms with E-state index in [1.165, 1.54) is 11.1 Å². The molecule has 1 aromatic rings. The zero-order valence-corrected chi connectivity index (χ0v) is 11.6. The largest absolute Gasteiger partial charge is 0.409 e. The Morgan fingerprint density at radius 2 is 1.83 bits per heavy atom. The molecule has 4 heteroatoms. The molecule has 0 fully saturated rings. The number of hydrogen-bond donors (Lipinski definition) is 2. The summed E-state index contributed by atoms with van der Waals surface area (Å²) in [6, 6.07) is 8.58. The molecule has 1 rings (SSSR count). The highest BCUT2D eigenvalue weighted by molar-refractivity contribution is 5.81. The van der Waals surface area contributed by atoms with Crippen LogP contribution in [-0.4, -0.2) is 29.5 Å². The van der Waals surface area contributed by atoms with Crippen molar-refractivity contribution >= 4 is 5.84 Å². The predicted molar refractivity (Wildman–Crippen MR) is 74.9 cm³/mol. The zero-order chi connectivity index (χ0) is 13.8. The summed E-state index contributed by atoms with van der Waals surface area (Å²) in [5, 5.41) is 11.5. The summed E-state index contributed by atoms with van der Waals surface area (Å²) in [5.41, 5.74) is 8.19. The van der Waals surface area contributed by atoms with Crippen molar-refractivity contribution in [3.8, 4) is 0 Å². The second-order valence-electron chi connectivity index (χ2n) is 5.71. The Labute approximate surface area is 109 Å². The van der Waals surface area contributed by atoms with Crippen molar-refractivity contribution in [1.29, 1.82) is 0 Å². The fourth-order valence-corrected chi connectivity index (χ4v) is 1.79. The van der Waals surface area contributed by atoms with Crippen LogP contribution in [0.1, 0.15) is 31.9 Å². The fraction of sp³-hybridized carbons (Fsp3) is 0.500. The summed E-state index contributed by atoms with van der Waals surface area (Å²) in [4.78, 5) is 2.00. The molecule has 0 bridgehead atoms. The van der Waals surface area contributed by atoms with Crippen LogP contribution in [0.3, 0.4) is 0 Å². The predicted octanol–water partition coefficient (Wildman–Crippen LogP) is 2.16. The lowest BCUT2D eigenvalue weighted by Crippen LogP contribution is -2.30. The molecule has 0 saturated heterocycles. The quantitative estimate of drug-likeness (QED) is 0.372. The van der Waals surface area contributed by atoms with Crippen LogP contribution in [0.2, 0.25) is 0 Å². The maximum absolute atomic E-state index is 8.51. The van der Waals surface area contributed by atoms with Crippen molar-refractivity contribution in [1.82, 2.24) is 4.90 Å². The van der Waals surface area contributed by atoms with Crippen molar-refractivity contribution < 1.29 is 5.21 Å². The third-order valence-corrected chi connectivity index (χ3v) is 2.83. The molecule has 100 valence electrons. The number of amidine groups is 1. The molecule has 0 aromatic heterocycles. The summed E-state index contributed by atoms with van der Waals surface area (Å²) < 4.78 is 0. The minimum atomic E-state index is 0.179. The van der Waals surface area contributed by atoms with Crippen LogP contribution in [-0.2, 0) is 12.0 Å². The Morgan fingerprint density at radius 1 is 1.28 bits per heavy atom. The van der Waals surface area contributed by atoms with Crippen LogP contribution in [0.25, 0.3) is 0 Å². The van der Waals surface area contributed by atoms with Gasteiger partial charge in [0.15, 0.2) is 5.84 Å². The molecule has 1 aromatic carbocycles. The summed E-state index contributed by atoms with van der Waals surface area (Å²) in [6.07, 6.45) is 0. The highest BCUT2D eigenvalue weighted by Crippen LogP contribution is 2.22. The number of benzene rings is 1. The normalized spacial score (nSPS) is 13.1. The topological polar surface area (TPSA) is 61.8 Å². The average molecular weight is 249 g/mol. The van der Waals surface area contributed by atoms with Gasteiger partial charge in [-0.3, -0.25) is 4.90 Å². The lowest BCUT2D eigenvalue weighted by molar-refractivity contribution is 0.308. The maximum atomic E-state index is 8.51. The molecule has 0 atom stereocenters. The Kier molecular flexibility index (Phi) is 4.73. The van der Waals surface area contributed by atoms with E-state index >= 15 is 0 Å². The smallest absolute Gasteiger partial charge is 0.153 e. The van der Waals surface area contributed by atoms with Gasteiger partial charge < -0.3 is 10.9 Å². The molecule has 0 saturated carbocycles. The molecule has 0 aliphatic carbocycles. The van der Waals surface area contributed by atoms with Crippen LogP contribution >= 0.6 is 0 Å². The molecule has 0 aliphatic rings. The van der Waals surface area contributed by atoms with Crippen molar-refractivity contribution in [2.75, 3.05) is 13.6 Å². The monoisotopic (exact) mass is 249 g/mol. The van der Waals surface area contributed by atoms with Gasteiger partial charge in [0.2, 0.25) is 0 Å². The highest BCUT2D eigenvalue weighted by atomic mass is 16.4. The average Bonchev–Trinajstić information content (AvgIpc) is 2.28. The van der Waals surface area contributed by atoms with Crippen LogP contribution in [0.4, 0.5) is 0 Å². The molecule has 3 N–H and O–H groups in total. The van der Waals surface area contributed by atoms with E-state index in [4.69, 9.17) is 10.9 Å². The molecule has 0 spiro atoms. The number of likely N-dealkylation sites (N-methyl/N-ethyl adjacent to an activating group) is 1. The number of oxime groups is 1. The van der Waals surface area contributed by atoms with E-state index in [0.29, 0.717) is 6.54 Å². The molecule has 4 nitrogen and oxygen atoms in total. The van der Waals surface area contributed by atoms with Gasteiger partial charge in [-0.25, -0.2) is 0 Å². The number of nitrogens with zero attached hydrogens (tertiary/aromatic N) is 2. The number of hydrogen-bond acceptors (Lipinski definition) is 3. The van der Waals surface area contributed by atoms with E-state index in [9.17, 15) is 0 Å². The van der Waals surface area contributed by atoms with E-state index in [2.05, 4.69) is 50.2 Å². The minimum absolute atomic E-state index is 0.179. The SMILES string of the molecule is CN(CC(N)=NO)Cc1ccc(C(C)(C)C)cc1. The van der Waals surface area contributed by atoms with Gasteiger partial charge in [0.05, 0.1) is 6.54 Å². The van der Waals surface area contributed by atoms with Crippen LogP contribution in [0.5, 0.6) is 0 Å². The lowest BCUT2D eigenvalue weighted by Gasteiger charge is -2.20. The standard InChI is InChI=1S/C14H23N3O/c1-14(2,3)12-7-5-11(6-8-12)9-17(4)10-13(15)16-18/h5-8,18H,9-10H2,1-4H3,(H2,15,16). The minimum Gasteiger partial charge on any atom is -0.409 e. The molecule has 0 heterocycles. The summed E-state index contributed by atoms with van der Waals surface area (Å²) in [7, 11) is 1.94. The lowest BCUT2D eigenvalue weighted by atomic mass is 9.87. The third-order valence-electron chi connectivity index (χ3n) is 2.83. The third kappa shape index (κ3) is 4.37. The van der Waals surface area contributed by atoms with Gasteiger partial charge in [-0.05, 0) is 23.6 Å². The Balaban J connectivity index is 2.64. The van der Waals surface area contributed by atoms with Gasteiger partial charge in [-0.1, -0.05) is 50.2 Å². The van der Waals surface area contributed by atoms with Crippen LogP contribution < -0.4 is 5.73 Å². The van der Waals surface area contributed by atoms with E-state index < -0.39 is 0 Å². The molecular formula is C14H23N3O. The van der Waals surface area contributed by atoms with Gasteiger partial charge in [0.25, 0.3) is 0 Å². The van der Waals surface area contributed by atoms with Gasteiger partial charge in [0.1, 0.15) is 0 Å². The van der Waals surface area contributed by atoms with E-state index in [1.807, 2.05) is 11.9 Å². The summed E-state index contributed by atoms with van der Waals surface area (Å²) >= 11 is 0. The molecule has 0 amide bonds. The van der Waals surface area contributed by atoms with Crippen LogP contribution in [0.15, 0.2) is 29.4 Å². The van der Waals surface area contributed by atoms with E-state index in [0.717, 1.165) is 6.54 Å². The Morgan fingerprint density at radius 3 is 2.28 bits per heavy atom. The van der Waals surface area contributed by atoms with Crippen molar-refractivity contribution in [2.45, 2.75) is 32.7 Å². The van der Waals surface area contributed by atoms with Crippen LogP contribution in [0, 0.1) is 0 Å². The molecular weight excluding hydrogens is 226 g/mol. The first-order valence-corrected chi connectivity index (χ1v) is 6.07. The first-order valence-electron chi connectivity index (χ1n) is 6.07. The van der Waals surface area contributed by atoms with Gasteiger partial charge in [-0.2, -0.15) is 0 Å². The van der Waals surface area contributed by atoms with E-state index in [1.54, 1.807) is 0 Å². The molecule has 0 unspecified atom stereocenters. The van der Waals surface area contributed by atoms with Crippen molar-refractivity contribution in [2.24, 2.45) is 10.9 Å². The molecule has 0 aliphatic heterocycles. The van der Waals surface area contributed by atoms with Gasteiger partial charge >= 0.3 is 0 Å². The summed E-state index contributed by atoms with van der Waals surface area (Å²) in [5.74, 6) is 0.226. The number of nitrogens with two attached hydrogens (primary N) is 1. The molecule has 18 heavy (non-hydrogen) atoms. The number of rotatable bonds is 4. The second-order valence-corrected chi connectivity index (χ2v) is 5.71. The zero-order valence-electron chi connectivity index (χ0n) is 11.6. The van der Waals surface area contributed by atoms with Crippen molar-refractivity contribution in [3.05, 3.63) is 35.4 Å². The van der Waals surface area contributed by atoms with Crippen molar-refractivity contribution in [3.63, 3.8) is 0 Å². The first kappa shape index (κ1) is 14.5. The Hall–Kier alpha value is -1.55. The molecule has 0 radical (unpaired) electrons. The maximum Gasteiger partial charge on any atom is 0.153 e. The fourth-order valence-electron chi connectivity index (χ4n) is 1.79. The van der Waals surface area contributed by atoms with E-state index in [-0.39, 0.29) is 11.3 Å².